The molecule has 0 aromatic heterocycles. The summed E-state index contributed by atoms with van der Waals surface area (Å²) in [5.74, 6) is -3.92. The summed E-state index contributed by atoms with van der Waals surface area (Å²) in [5, 5.41) is 15.6. The molecule has 1 aliphatic carbocycles. The number of fused-ring (bicyclic) bond motifs is 1. The maximum Gasteiger partial charge on any atom is 0.328 e. The van der Waals surface area contributed by atoms with Gasteiger partial charge in [0.15, 0.2) is 5.78 Å². The molecule has 0 saturated carbocycles. The van der Waals surface area contributed by atoms with E-state index in [1.165, 1.54) is 11.6 Å². The van der Waals surface area contributed by atoms with E-state index in [0.29, 0.717) is 30.6 Å². The second-order valence-electron chi connectivity index (χ2n) is 8.62. The number of benzene rings is 2. The van der Waals surface area contributed by atoms with E-state index >= 15 is 0 Å². The third-order valence-corrected chi connectivity index (χ3v) is 6.46. The number of aliphatic carboxylic acids is 2. The summed E-state index contributed by atoms with van der Waals surface area (Å²) in [5.41, 5.74) is 1.52. The number of rotatable bonds is 5. The van der Waals surface area contributed by atoms with Gasteiger partial charge in [-0.25, -0.2) is 18.4 Å². The summed E-state index contributed by atoms with van der Waals surface area (Å²) in [6, 6.07) is 12.5. The highest BCUT2D eigenvalue weighted by Gasteiger charge is 2.45. The van der Waals surface area contributed by atoms with E-state index < -0.39 is 29.0 Å². The monoisotopic (exact) mass is 471 g/mol. The van der Waals surface area contributed by atoms with Gasteiger partial charge in [0, 0.05) is 30.2 Å². The first-order valence-electron chi connectivity index (χ1n) is 11.1. The normalized spacial score (nSPS) is 17.2. The Morgan fingerprint density at radius 3 is 2.18 bits per heavy atom. The van der Waals surface area contributed by atoms with Crippen LogP contribution in [-0.4, -0.2) is 52.5 Å². The van der Waals surface area contributed by atoms with Crippen LogP contribution in [0.3, 0.4) is 0 Å². The van der Waals surface area contributed by atoms with Gasteiger partial charge < -0.3 is 15.1 Å². The SMILES string of the molecule is O=C(O)/C=C/C(=O)O.O=C1c2c(F)cc(F)cc2CCC12CCN(CCc1ccccc1)CC2. The molecular formula is C26H27F2NO5. The zero-order valence-corrected chi connectivity index (χ0v) is 18.7. The van der Waals surface area contributed by atoms with Crippen molar-refractivity contribution in [2.24, 2.45) is 5.41 Å². The number of hydrogen-bond acceptors (Lipinski definition) is 4. The van der Waals surface area contributed by atoms with Crippen molar-refractivity contribution in [2.45, 2.75) is 32.1 Å². The maximum atomic E-state index is 14.2. The first-order valence-corrected chi connectivity index (χ1v) is 11.1. The van der Waals surface area contributed by atoms with E-state index in [0.717, 1.165) is 45.0 Å². The molecule has 0 amide bonds. The number of halogens is 2. The van der Waals surface area contributed by atoms with E-state index in [2.05, 4.69) is 29.2 Å². The lowest BCUT2D eigenvalue weighted by molar-refractivity contribution is -0.134. The Morgan fingerprint density at radius 1 is 0.971 bits per heavy atom. The smallest absolute Gasteiger partial charge is 0.328 e. The summed E-state index contributed by atoms with van der Waals surface area (Å²) < 4.78 is 27.7. The highest BCUT2D eigenvalue weighted by atomic mass is 19.1. The van der Waals surface area contributed by atoms with E-state index in [9.17, 15) is 23.2 Å². The molecule has 1 saturated heterocycles. The minimum Gasteiger partial charge on any atom is -0.478 e. The Kier molecular flexibility index (Phi) is 8.28. The molecule has 0 radical (unpaired) electrons. The fourth-order valence-electron chi connectivity index (χ4n) is 4.59. The highest BCUT2D eigenvalue weighted by Crippen LogP contribution is 2.44. The number of carboxylic acid groups (broad SMARTS) is 2. The van der Waals surface area contributed by atoms with Crippen LogP contribution in [0.2, 0.25) is 0 Å². The molecule has 2 N–H and O–H groups in total. The topological polar surface area (TPSA) is 94.9 Å². The summed E-state index contributed by atoms with van der Waals surface area (Å²) in [6.45, 7) is 2.69. The van der Waals surface area contributed by atoms with Crippen molar-refractivity contribution < 1.29 is 33.4 Å². The molecule has 6 nitrogen and oxygen atoms in total. The van der Waals surface area contributed by atoms with Gasteiger partial charge in [0.25, 0.3) is 0 Å². The van der Waals surface area contributed by atoms with Gasteiger partial charge in [-0.15, -0.1) is 0 Å². The molecule has 1 heterocycles. The number of ketones is 1. The van der Waals surface area contributed by atoms with Crippen LogP contribution in [-0.2, 0) is 22.4 Å². The van der Waals surface area contributed by atoms with E-state index in [1.54, 1.807) is 0 Å². The number of aryl methyl sites for hydroxylation is 1. The molecule has 0 unspecified atom stereocenters. The van der Waals surface area contributed by atoms with Gasteiger partial charge in [0.1, 0.15) is 11.6 Å². The van der Waals surface area contributed by atoms with Crippen LogP contribution in [0.4, 0.5) is 8.78 Å². The number of carbonyl (C=O) groups excluding carboxylic acids is 1. The third-order valence-electron chi connectivity index (χ3n) is 6.46. The average molecular weight is 472 g/mol. The van der Waals surface area contributed by atoms with E-state index in [4.69, 9.17) is 10.2 Å². The second kappa shape index (κ2) is 11.2. The summed E-state index contributed by atoms with van der Waals surface area (Å²) in [6.07, 6.45) is 4.92. The largest absolute Gasteiger partial charge is 0.478 e. The molecule has 2 aromatic rings. The van der Waals surface area contributed by atoms with Crippen LogP contribution in [0.5, 0.6) is 0 Å². The number of hydrogen-bond donors (Lipinski definition) is 2. The van der Waals surface area contributed by atoms with Crippen LogP contribution in [0, 0.1) is 17.0 Å². The molecule has 1 fully saturated rings. The molecule has 0 atom stereocenters. The summed E-state index contributed by atoms with van der Waals surface area (Å²) in [7, 11) is 0. The average Bonchev–Trinajstić information content (AvgIpc) is 2.81. The van der Waals surface area contributed by atoms with Crippen molar-refractivity contribution in [3.05, 3.63) is 82.9 Å². The number of piperidine rings is 1. The van der Waals surface area contributed by atoms with Crippen LogP contribution < -0.4 is 0 Å². The van der Waals surface area contributed by atoms with Crippen LogP contribution in [0.15, 0.2) is 54.6 Å². The Morgan fingerprint density at radius 2 is 1.59 bits per heavy atom. The van der Waals surface area contributed by atoms with Gasteiger partial charge in [-0.2, -0.15) is 0 Å². The molecule has 2 aromatic carbocycles. The first-order chi connectivity index (χ1) is 16.2. The lowest BCUT2D eigenvalue weighted by atomic mass is 9.65. The number of carboxylic acids is 2. The molecule has 0 bridgehead atoms. The van der Waals surface area contributed by atoms with Gasteiger partial charge >= 0.3 is 11.9 Å². The first kappa shape index (κ1) is 25.2. The van der Waals surface area contributed by atoms with Crippen molar-refractivity contribution in [3.8, 4) is 0 Å². The predicted octanol–water partition coefficient (Wildman–Crippen LogP) is 4.13. The lowest BCUT2D eigenvalue weighted by Crippen LogP contribution is -2.47. The van der Waals surface area contributed by atoms with Crippen molar-refractivity contribution in [1.29, 1.82) is 0 Å². The lowest BCUT2D eigenvalue weighted by Gasteiger charge is -2.43. The Labute approximate surface area is 196 Å². The number of Topliss-reactive ketones (excluding diaryl/α,β-unsaturated/α-hetero) is 1. The van der Waals surface area contributed by atoms with Crippen molar-refractivity contribution in [3.63, 3.8) is 0 Å². The van der Waals surface area contributed by atoms with Gasteiger partial charge in [-0.1, -0.05) is 30.3 Å². The number of carbonyl (C=O) groups is 3. The molecular weight excluding hydrogens is 444 g/mol. The van der Waals surface area contributed by atoms with Crippen molar-refractivity contribution >= 4 is 17.7 Å². The second-order valence-corrected chi connectivity index (χ2v) is 8.62. The van der Waals surface area contributed by atoms with Crippen LogP contribution in [0.25, 0.3) is 0 Å². The molecule has 1 aliphatic heterocycles. The highest BCUT2D eigenvalue weighted by molar-refractivity contribution is 6.03. The summed E-state index contributed by atoms with van der Waals surface area (Å²) >= 11 is 0. The fraction of sp³-hybridized carbons (Fsp3) is 0.346. The maximum absolute atomic E-state index is 14.2. The van der Waals surface area contributed by atoms with Gasteiger partial charge in [0.2, 0.25) is 0 Å². The van der Waals surface area contributed by atoms with E-state index in [-0.39, 0.29) is 11.3 Å². The summed E-state index contributed by atoms with van der Waals surface area (Å²) in [4.78, 5) is 34.5. The Hall–Kier alpha value is -3.39. The van der Waals surface area contributed by atoms with Crippen molar-refractivity contribution in [1.82, 2.24) is 4.90 Å². The minimum absolute atomic E-state index is 0.112. The van der Waals surface area contributed by atoms with Crippen molar-refractivity contribution in [2.75, 3.05) is 19.6 Å². The number of likely N-dealkylation sites (tertiary alicyclic amines) is 1. The molecule has 1 spiro atoms. The zero-order chi connectivity index (χ0) is 24.7. The molecule has 4 rings (SSSR count). The van der Waals surface area contributed by atoms with Gasteiger partial charge in [-0.05, 0) is 62.4 Å². The van der Waals surface area contributed by atoms with Gasteiger partial charge in [-0.3, -0.25) is 4.79 Å². The third kappa shape index (κ3) is 6.35. The predicted molar refractivity (Wildman–Crippen MR) is 122 cm³/mol. The van der Waals surface area contributed by atoms with Gasteiger partial charge in [0.05, 0.1) is 5.56 Å². The molecule has 8 heteroatoms. The van der Waals surface area contributed by atoms with E-state index in [1.807, 2.05) is 6.07 Å². The standard InChI is InChI=1S/C22H23F2NO.C4H4O4/c23-18-14-17-6-8-22(21(26)20(17)19(24)15-18)9-12-25(13-10-22)11-7-16-4-2-1-3-5-16;5-3(6)1-2-4(7)8/h1-5,14-15H,6-13H2;1-2H,(H,5,6)(H,7,8)/b;2-1+. The molecule has 180 valence electrons. The Balaban J connectivity index is 0.000000350. The van der Waals surface area contributed by atoms with Crippen LogP contribution >= 0.6 is 0 Å². The quantitative estimate of drug-likeness (QED) is 0.637. The minimum atomic E-state index is -1.26. The Bertz CT molecular complexity index is 1060. The molecule has 2 aliphatic rings. The van der Waals surface area contributed by atoms with Crippen LogP contribution in [0.1, 0.15) is 40.7 Å². The fourth-order valence-corrected chi connectivity index (χ4v) is 4.59. The molecule has 34 heavy (non-hydrogen) atoms. The zero-order valence-electron chi connectivity index (χ0n) is 18.7. The number of nitrogens with zero attached hydrogens (tertiary/aromatic N) is 1.